The van der Waals surface area contributed by atoms with Crippen LogP contribution < -0.4 is 10.6 Å². The summed E-state index contributed by atoms with van der Waals surface area (Å²) in [6.07, 6.45) is 8.79. The van der Waals surface area contributed by atoms with Gasteiger partial charge in [-0.05, 0) is 37.0 Å². The molecule has 0 radical (unpaired) electrons. The average Bonchev–Trinajstić information content (AvgIpc) is 2.60. The first-order valence-electron chi connectivity index (χ1n) is 7.84. The Balaban J connectivity index is 2.02. The van der Waals surface area contributed by atoms with Crippen LogP contribution >= 0.6 is 0 Å². The number of hydrogen-bond acceptors (Lipinski definition) is 4. The Morgan fingerprint density at radius 3 is 2.74 bits per heavy atom. The van der Waals surface area contributed by atoms with Crippen LogP contribution in [-0.2, 0) is 9.53 Å². The summed E-state index contributed by atoms with van der Waals surface area (Å²) >= 11 is 0. The molecular formula is C17H23N3O3. The van der Waals surface area contributed by atoms with E-state index in [-0.39, 0.29) is 17.4 Å². The number of aromatic nitrogens is 1. The van der Waals surface area contributed by atoms with Crippen LogP contribution in [0, 0.1) is 0 Å². The number of nitrogens with zero attached hydrogens (tertiary/aromatic N) is 1. The molecule has 1 aromatic rings. The quantitative estimate of drug-likeness (QED) is 0.807. The average molecular weight is 317 g/mol. The van der Waals surface area contributed by atoms with Crippen molar-refractivity contribution >= 4 is 17.9 Å². The third kappa shape index (κ3) is 4.63. The lowest BCUT2D eigenvalue weighted by Gasteiger charge is -2.36. The summed E-state index contributed by atoms with van der Waals surface area (Å²) in [7, 11) is 1.57. The maximum absolute atomic E-state index is 12.2. The second-order valence-electron chi connectivity index (χ2n) is 5.65. The van der Waals surface area contributed by atoms with Gasteiger partial charge in [0.25, 0.3) is 5.91 Å². The fourth-order valence-corrected chi connectivity index (χ4v) is 2.62. The Hall–Kier alpha value is -2.21. The third-order valence-electron chi connectivity index (χ3n) is 4.19. The van der Waals surface area contributed by atoms with E-state index in [0.717, 1.165) is 19.3 Å². The van der Waals surface area contributed by atoms with Crippen molar-refractivity contribution in [3.05, 3.63) is 35.7 Å². The van der Waals surface area contributed by atoms with Gasteiger partial charge in [0.05, 0.1) is 5.56 Å². The topological polar surface area (TPSA) is 80.3 Å². The van der Waals surface area contributed by atoms with E-state index in [9.17, 15) is 9.59 Å². The molecule has 6 nitrogen and oxygen atoms in total. The van der Waals surface area contributed by atoms with Crippen molar-refractivity contribution in [3.63, 3.8) is 0 Å². The maximum atomic E-state index is 12.2. The molecule has 2 N–H and O–H groups in total. The Kier molecular flexibility index (Phi) is 5.87. The van der Waals surface area contributed by atoms with Crippen LogP contribution in [0.15, 0.2) is 24.5 Å². The molecule has 0 saturated carbocycles. The van der Waals surface area contributed by atoms with Gasteiger partial charge in [0, 0.05) is 44.3 Å². The first-order chi connectivity index (χ1) is 11.1. The lowest BCUT2D eigenvalue weighted by Crippen LogP contribution is -2.51. The van der Waals surface area contributed by atoms with E-state index in [1.165, 1.54) is 12.3 Å². The number of hydrogen-bond donors (Lipinski definition) is 2. The molecule has 1 saturated heterocycles. The van der Waals surface area contributed by atoms with Gasteiger partial charge in [-0.2, -0.15) is 0 Å². The number of carbonyl (C=O) groups excluding carboxylic acids is 2. The highest BCUT2D eigenvalue weighted by molar-refractivity contribution is 5.95. The fraction of sp³-hybridized carbons (Fsp3) is 0.471. The largest absolute Gasteiger partial charge is 0.381 e. The zero-order valence-electron chi connectivity index (χ0n) is 13.6. The van der Waals surface area contributed by atoms with Crippen LogP contribution in [0.2, 0.25) is 0 Å². The van der Waals surface area contributed by atoms with E-state index in [0.29, 0.717) is 24.3 Å². The summed E-state index contributed by atoms with van der Waals surface area (Å²) < 4.78 is 5.37. The third-order valence-corrected chi connectivity index (χ3v) is 4.19. The van der Waals surface area contributed by atoms with Gasteiger partial charge in [-0.3, -0.25) is 14.6 Å². The van der Waals surface area contributed by atoms with E-state index in [1.807, 2.05) is 0 Å². The summed E-state index contributed by atoms with van der Waals surface area (Å²) in [5, 5.41) is 5.64. The van der Waals surface area contributed by atoms with Crippen molar-refractivity contribution in [3.8, 4) is 0 Å². The molecule has 1 fully saturated rings. The van der Waals surface area contributed by atoms with Gasteiger partial charge < -0.3 is 15.4 Å². The van der Waals surface area contributed by atoms with Gasteiger partial charge in [-0.15, -0.1) is 0 Å². The van der Waals surface area contributed by atoms with Crippen molar-refractivity contribution in [1.82, 2.24) is 15.6 Å². The molecule has 0 bridgehead atoms. The highest BCUT2D eigenvalue weighted by Crippen LogP contribution is 2.24. The molecular weight excluding hydrogens is 294 g/mol. The zero-order chi connectivity index (χ0) is 16.7. The minimum atomic E-state index is -0.204. The second kappa shape index (κ2) is 7.87. The van der Waals surface area contributed by atoms with Crippen LogP contribution in [0.25, 0.3) is 6.08 Å². The van der Waals surface area contributed by atoms with Crippen LogP contribution in [0.5, 0.6) is 0 Å². The summed E-state index contributed by atoms with van der Waals surface area (Å²) in [6, 6.07) is 1.69. The molecule has 1 aromatic heterocycles. The Bertz CT molecular complexity index is 593. The van der Waals surface area contributed by atoms with Gasteiger partial charge in [0.1, 0.15) is 0 Å². The van der Waals surface area contributed by atoms with Gasteiger partial charge in [-0.1, -0.05) is 6.92 Å². The molecule has 2 heterocycles. The zero-order valence-corrected chi connectivity index (χ0v) is 13.6. The van der Waals surface area contributed by atoms with E-state index in [2.05, 4.69) is 22.5 Å². The number of pyridine rings is 1. The first-order valence-corrected chi connectivity index (χ1v) is 7.84. The maximum Gasteiger partial charge on any atom is 0.252 e. The van der Waals surface area contributed by atoms with E-state index >= 15 is 0 Å². The molecule has 6 heteroatoms. The molecule has 1 aliphatic rings. The smallest absolute Gasteiger partial charge is 0.252 e. The number of nitrogens with one attached hydrogen (secondary N) is 2. The second-order valence-corrected chi connectivity index (χ2v) is 5.65. The highest BCUT2D eigenvalue weighted by atomic mass is 16.5. The summed E-state index contributed by atoms with van der Waals surface area (Å²) in [5.41, 5.74) is 0.991. The standard InChI is InChI=1S/C17H23N3O3/c1-3-17(6-8-23-9-7-17)20-15(21)5-4-13-10-14(12-19-11-13)16(22)18-2/h4-5,10-12H,3,6-9H2,1-2H3,(H,18,22)(H,20,21). The Morgan fingerprint density at radius 1 is 1.35 bits per heavy atom. The fourth-order valence-electron chi connectivity index (χ4n) is 2.62. The van der Waals surface area contributed by atoms with E-state index in [1.54, 1.807) is 25.4 Å². The molecule has 1 aliphatic heterocycles. The normalized spacial score (nSPS) is 17.0. The lowest BCUT2D eigenvalue weighted by atomic mass is 9.87. The molecule has 0 aliphatic carbocycles. The Labute approximate surface area is 136 Å². The van der Waals surface area contributed by atoms with Crippen LogP contribution in [0.3, 0.4) is 0 Å². The minimum Gasteiger partial charge on any atom is -0.381 e. The van der Waals surface area contributed by atoms with E-state index in [4.69, 9.17) is 4.74 Å². The number of rotatable bonds is 5. The van der Waals surface area contributed by atoms with Crippen LogP contribution in [0.1, 0.15) is 42.1 Å². The monoisotopic (exact) mass is 317 g/mol. The molecule has 0 spiro atoms. The molecule has 2 rings (SSSR count). The first kappa shape index (κ1) is 17.1. The lowest BCUT2D eigenvalue weighted by molar-refractivity contribution is -0.119. The number of carbonyl (C=O) groups is 2. The van der Waals surface area contributed by atoms with Gasteiger partial charge in [-0.25, -0.2) is 0 Å². The van der Waals surface area contributed by atoms with Crippen molar-refractivity contribution in [2.24, 2.45) is 0 Å². The SMILES string of the molecule is CCC1(NC(=O)C=Cc2cncc(C(=O)NC)c2)CCOCC1. The molecule has 0 aromatic carbocycles. The van der Waals surface area contributed by atoms with E-state index < -0.39 is 0 Å². The summed E-state index contributed by atoms with van der Waals surface area (Å²) in [6.45, 7) is 3.43. The van der Waals surface area contributed by atoms with Gasteiger partial charge >= 0.3 is 0 Å². The predicted octanol–water partition coefficient (Wildman–Crippen LogP) is 1.53. The highest BCUT2D eigenvalue weighted by Gasteiger charge is 2.31. The minimum absolute atomic E-state index is 0.140. The van der Waals surface area contributed by atoms with Crippen LogP contribution in [0.4, 0.5) is 0 Å². The molecule has 23 heavy (non-hydrogen) atoms. The molecule has 2 amide bonds. The molecule has 124 valence electrons. The summed E-state index contributed by atoms with van der Waals surface area (Å²) in [4.78, 5) is 27.8. The predicted molar refractivity (Wildman–Crippen MR) is 87.9 cm³/mol. The van der Waals surface area contributed by atoms with Crippen molar-refractivity contribution in [2.45, 2.75) is 31.7 Å². The van der Waals surface area contributed by atoms with Crippen LogP contribution in [-0.4, -0.2) is 42.6 Å². The molecule has 0 atom stereocenters. The number of amides is 2. The molecule has 0 unspecified atom stereocenters. The summed E-state index contributed by atoms with van der Waals surface area (Å²) in [5.74, 6) is -0.344. The van der Waals surface area contributed by atoms with Gasteiger partial charge in [0.2, 0.25) is 5.91 Å². The van der Waals surface area contributed by atoms with Crippen molar-refractivity contribution in [1.29, 1.82) is 0 Å². The number of ether oxygens (including phenoxy) is 1. The Morgan fingerprint density at radius 2 is 2.09 bits per heavy atom. The van der Waals surface area contributed by atoms with Crippen molar-refractivity contribution in [2.75, 3.05) is 20.3 Å². The van der Waals surface area contributed by atoms with Gasteiger partial charge in [0.15, 0.2) is 0 Å². The van der Waals surface area contributed by atoms with Crippen molar-refractivity contribution < 1.29 is 14.3 Å².